The number of nitrogens with two attached hydrogens (primary N) is 1. The molecule has 1 aliphatic carbocycles. The lowest BCUT2D eigenvalue weighted by atomic mass is 9.88. The maximum Gasteiger partial charge on any atom is 0.124 e. The van der Waals surface area contributed by atoms with Crippen LogP contribution in [0.3, 0.4) is 0 Å². The molecule has 2 atom stereocenters. The van der Waals surface area contributed by atoms with E-state index in [1.54, 1.807) is 0 Å². The van der Waals surface area contributed by atoms with Crippen molar-refractivity contribution in [3.8, 4) is 0 Å². The lowest BCUT2D eigenvalue weighted by Gasteiger charge is -2.21. The molecule has 1 aliphatic rings. The summed E-state index contributed by atoms with van der Waals surface area (Å²) in [6, 6.07) is 0. The fraction of sp³-hybridized carbons (Fsp3) is 0.778. The van der Waals surface area contributed by atoms with Gasteiger partial charge in [-0.15, -0.1) is 0 Å². The van der Waals surface area contributed by atoms with Crippen LogP contribution in [0.4, 0.5) is 0 Å². The Morgan fingerprint density at radius 2 is 2.55 bits per heavy atom. The normalized spacial score (nSPS) is 27.9. The molecule has 3 N–H and O–H groups in total. The summed E-state index contributed by atoms with van der Waals surface area (Å²) in [5, 5.41) is 9.10. The molecule has 0 amide bonds. The summed E-state index contributed by atoms with van der Waals surface area (Å²) in [6.45, 7) is 2.17. The SMILES string of the molecule is CCC1C=C(C(N)O)CCC1. The molecule has 0 aromatic rings. The first-order chi connectivity index (χ1) is 5.24. The van der Waals surface area contributed by atoms with Crippen molar-refractivity contribution in [1.29, 1.82) is 0 Å². The van der Waals surface area contributed by atoms with E-state index in [9.17, 15) is 0 Å². The topological polar surface area (TPSA) is 46.2 Å². The molecule has 2 heteroatoms. The second-order valence-electron chi connectivity index (χ2n) is 3.25. The molecule has 0 fully saturated rings. The standard InChI is InChI=1S/C9H17NO/c1-2-7-4-3-5-8(6-7)9(10)11/h6-7,9,11H,2-5,10H2,1H3. The quantitative estimate of drug-likeness (QED) is 0.467. The molecule has 0 aromatic heterocycles. The third-order valence-corrected chi connectivity index (χ3v) is 2.39. The minimum atomic E-state index is -0.718. The van der Waals surface area contributed by atoms with E-state index in [1.807, 2.05) is 0 Å². The van der Waals surface area contributed by atoms with Gasteiger partial charge < -0.3 is 10.8 Å². The van der Waals surface area contributed by atoms with E-state index < -0.39 is 6.23 Å². The van der Waals surface area contributed by atoms with E-state index >= 15 is 0 Å². The van der Waals surface area contributed by atoms with Crippen molar-refractivity contribution in [1.82, 2.24) is 0 Å². The second-order valence-corrected chi connectivity index (χ2v) is 3.25. The first-order valence-corrected chi connectivity index (χ1v) is 4.38. The molecule has 0 saturated heterocycles. The summed E-state index contributed by atoms with van der Waals surface area (Å²) < 4.78 is 0. The summed E-state index contributed by atoms with van der Waals surface area (Å²) >= 11 is 0. The average molecular weight is 155 g/mol. The Hall–Kier alpha value is -0.340. The lowest BCUT2D eigenvalue weighted by molar-refractivity contribution is 0.209. The van der Waals surface area contributed by atoms with E-state index in [0.717, 1.165) is 18.4 Å². The van der Waals surface area contributed by atoms with Gasteiger partial charge in [0.1, 0.15) is 6.23 Å². The molecule has 64 valence electrons. The number of hydrogen-bond acceptors (Lipinski definition) is 2. The molecule has 2 unspecified atom stereocenters. The minimum Gasteiger partial charge on any atom is -0.375 e. The van der Waals surface area contributed by atoms with Gasteiger partial charge in [-0.3, -0.25) is 0 Å². The highest BCUT2D eigenvalue weighted by molar-refractivity contribution is 5.11. The summed E-state index contributed by atoms with van der Waals surface area (Å²) in [4.78, 5) is 0. The zero-order valence-corrected chi connectivity index (χ0v) is 7.09. The number of aliphatic hydroxyl groups excluding tert-OH is 1. The molecule has 0 heterocycles. The predicted octanol–water partition coefficient (Wildman–Crippen LogP) is 1.40. The molecule has 0 saturated carbocycles. The van der Waals surface area contributed by atoms with Crippen molar-refractivity contribution in [3.05, 3.63) is 11.6 Å². The Labute approximate surface area is 68.1 Å². The van der Waals surface area contributed by atoms with Crippen LogP contribution >= 0.6 is 0 Å². The van der Waals surface area contributed by atoms with Gasteiger partial charge in [-0.1, -0.05) is 13.0 Å². The van der Waals surface area contributed by atoms with Crippen LogP contribution in [-0.4, -0.2) is 11.3 Å². The molecule has 0 aliphatic heterocycles. The van der Waals surface area contributed by atoms with Gasteiger partial charge in [-0.25, -0.2) is 0 Å². The van der Waals surface area contributed by atoms with Crippen molar-refractivity contribution >= 4 is 0 Å². The van der Waals surface area contributed by atoms with Crippen LogP contribution in [0.2, 0.25) is 0 Å². The largest absolute Gasteiger partial charge is 0.375 e. The number of hydrogen-bond donors (Lipinski definition) is 2. The Kier molecular flexibility index (Phi) is 3.09. The maximum atomic E-state index is 9.10. The van der Waals surface area contributed by atoms with Crippen molar-refractivity contribution < 1.29 is 5.11 Å². The Morgan fingerprint density at radius 3 is 3.09 bits per heavy atom. The van der Waals surface area contributed by atoms with Gasteiger partial charge in [-0.05, 0) is 37.2 Å². The summed E-state index contributed by atoms with van der Waals surface area (Å²) in [5.41, 5.74) is 6.40. The number of rotatable bonds is 2. The average Bonchev–Trinajstić information content (AvgIpc) is 2.05. The summed E-state index contributed by atoms with van der Waals surface area (Å²) in [6.07, 6.45) is 6.01. The van der Waals surface area contributed by atoms with Gasteiger partial charge in [0.05, 0.1) is 0 Å². The Morgan fingerprint density at radius 1 is 1.82 bits per heavy atom. The van der Waals surface area contributed by atoms with Gasteiger partial charge >= 0.3 is 0 Å². The van der Waals surface area contributed by atoms with Gasteiger partial charge in [-0.2, -0.15) is 0 Å². The molecule has 0 radical (unpaired) electrons. The summed E-state index contributed by atoms with van der Waals surface area (Å²) in [7, 11) is 0. The van der Waals surface area contributed by atoms with Crippen molar-refractivity contribution in [2.45, 2.75) is 38.8 Å². The van der Waals surface area contributed by atoms with Gasteiger partial charge in [0.25, 0.3) is 0 Å². The first-order valence-electron chi connectivity index (χ1n) is 4.38. The van der Waals surface area contributed by atoms with Crippen LogP contribution in [-0.2, 0) is 0 Å². The molecule has 0 spiro atoms. The van der Waals surface area contributed by atoms with Crippen LogP contribution in [0.5, 0.6) is 0 Å². The van der Waals surface area contributed by atoms with E-state index in [1.165, 1.54) is 12.8 Å². The highest BCUT2D eigenvalue weighted by atomic mass is 16.3. The summed E-state index contributed by atoms with van der Waals surface area (Å²) in [5.74, 6) is 0.650. The van der Waals surface area contributed by atoms with Crippen molar-refractivity contribution in [3.63, 3.8) is 0 Å². The molecule has 2 nitrogen and oxygen atoms in total. The fourth-order valence-electron chi connectivity index (χ4n) is 1.61. The highest BCUT2D eigenvalue weighted by Gasteiger charge is 2.14. The van der Waals surface area contributed by atoms with E-state index in [0.29, 0.717) is 5.92 Å². The third-order valence-electron chi connectivity index (χ3n) is 2.39. The smallest absolute Gasteiger partial charge is 0.124 e. The first kappa shape index (κ1) is 8.75. The van der Waals surface area contributed by atoms with E-state index in [4.69, 9.17) is 10.8 Å². The van der Waals surface area contributed by atoms with Crippen LogP contribution in [0.1, 0.15) is 32.6 Å². The Bertz CT molecular complexity index is 152. The van der Waals surface area contributed by atoms with Crippen molar-refractivity contribution in [2.75, 3.05) is 0 Å². The second kappa shape index (κ2) is 3.88. The van der Waals surface area contributed by atoms with Crippen LogP contribution in [0.25, 0.3) is 0 Å². The molecule has 0 aromatic carbocycles. The highest BCUT2D eigenvalue weighted by Crippen LogP contribution is 2.25. The van der Waals surface area contributed by atoms with Crippen molar-refractivity contribution in [2.24, 2.45) is 11.7 Å². The number of aliphatic hydroxyl groups is 1. The minimum absolute atomic E-state index is 0.650. The van der Waals surface area contributed by atoms with Crippen LogP contribution < -0.4 is 5.73 Å². The fourth-order valence-corrected chi connectivity index (χ4v) is 1.61. The zero-order valence-electron chi connectivity index (χ0n) is 7.09. The zero-order chi connectivity index (χ0) is 8.27. The predicted molar refractivity (Wildman–Crippen MR) is 45.9 cm³/mol. The molecule has 0 bridgehead atoms. The molecular weight excluding hydrogens is 138 g/mol. The van der Waals surface area contributed by atoms with Crippen LogP contribution in [0.15, 0.2) is 11.6 Å². The van der Waals surface area contributed by atoms with Crippen LogP contribution in [0, 0.1) is 5.92 Å². The molecule has 11 heavy (non-hydrogen) atoms. The van der Waals surface area contributed by atoms with Gasteiger partial charge in [0, 0.05) is 0 Å². The Balaban J connectivity index is 2.57. The molecule has 1 rings (SSSR count). The van der Waals surface area contributed by atoms with Gasteiger partial charge in [0.2, 0.25) is 0 Å². The third kappa shape index (κ3) is 2.31. The monoisotopic (exact) mass is 155 g/mol. The van der Waals surface area contributed by atoms with E-state index in [-0.39, 0.29) is 0 Å². The van der Waals surface area contributed by atoms with Gasteiger partial charge in [0.15, 0.2) is 0 Å². The molecular formula is C9H17NO. The maximum absolute atomic E-state index is 9.10. The number of allylic oxidation sites excluding steroid dienone is 1. The lowest BCUT2D eigenvalue weighted by Crippen LogP contribution is -2.24. The van der Waals surface area contributed by atoms with E-state index in [2.05, 4.69) is 13.0 Å².